The van der Waals surface area contributed by atoms with E-state index in [4.69, 9.17) is 9.47 Å². The van der Waals surface area contributed by atoms with E-state index in [1.807, 2.05) is 42.5 Å². The minimum atomic E-state index is -0.759. The van der Waals surface area contributed by atoms with Crippen molar-refractivity contribution >= 4 is 34.1 Å². The highest BCUT2D eigenvalue weighted by Gasteiger charge is 2.24. The number of anilines is 1. The molecule has 148 valence electrons. The van der Waals surface area contributed by atoms with E-state index in [0.29, 0.717) is 17.9 Å². The van der Waals surface area contributed by atoms with Crippen LogP contribution < -0.4 is 14.8 Å². The molecule has 3 aromatic carbocycles. The molecule has 0 fully saturated rings. The molecular formula is C22H15N3O5. The number of rotatable bonds is 4. The van der Waals surface area contributed by atoms with Gasteiger partial charge in [-0.1, -0.05) is 36.4 Å². The number of benzene rings is 3. The van der Waals surface area contributed by atoms with Gasteiger partial charge in [0.1, 0.15) is 30.5 Å². The quantitative estimate of drug-likeness (QED) is 0.305. The second kappa shape index (κ2) is 7.93. The highest BCUT2D eigenvalue weighted by Crippen LogP contribution is 2.39. The zero-order valence-electron chi connectivity index (χ0n) is 15.6. The molecule has 30 heavy (non-hydrogen) atoms. The fraction of sp³-hybridized carbons (Fsp3) is 0.0909. The van der Waals surface area contributed by atoms with Crippen LogP contribution in [0.5, 0.6) is 11.5 Å². The Morgan fingerprint density at radius 3 is 2.47 bits per heavy atom. The predicted octanol–water partition coefficient (Wildman–Crippen LogP) is 4.06. The standard InChI is InChI=1S/C22H15N3O5/c23-13-17(10-14-5-6-15-3-1-2-4-16(15)9-14)22(26)24-18-11-20-21(30-8-7-29-20)12-19(18)25(27)28/h1-6,9-12H,7-8H2,(H,24,26). The number of carbonyl (C=O) groups is 1. The first-order valence-corrected chi connectivity index (χ1v) is 9.05. The van der Waals surface area contributed by atoms with Gasteiger partial charge in [0.25, 0.3) is 11.6 Å². The van der Waals surface area contributed by atoms with Crippen molar-refractivity contribution in [1.82, 2.24) is 0 Å². The number of nitrogens with zero attached hydrogens (tertiary/aromatic N) is 2. The summed E-state index contributed by atoms with van der Waals surface area (Å²) in [5.41, 5.74) is 0.0519. The minimum absolute atomic E-state index is 0.0751. The van der Waals surface area contributed by atoms with Gasteiger partial charge < -0.3 is 14.8 Å². The lowest BCUT2D eigenvalue weighted by atomic mass is 10.0. The molecule has 3 aromatic rings. The molecule has 1 N–H and O–H groups in total. The van der Waals surface area contributed by atoms with Gasteiger partial charge >= 0.3 is 0 Å². The lowest BCUT2D eigenvalue weighted by Gasteiger charge is -2.19. The number of nitriles is 1. The van der Waals surface area contributed by atoms with E-state index in [2.05, 4.69) is 5.32 Å². The summed E-state index contributed by atoms with van der Waals surface area (Å²) in [5, 5.41) is 25.3. The summed E-state index contributed by atoms with van der Waals surface area (Å²) in [5.74, 6) is -0.234. The van der Waals surface area contributed by atoms with E-state index < -0.39 is 10.8 Å². The molecule has 0 aliphatic carbocycles. The van der Waals surface area contributed by atoms with Gasteiger partial charge in [0.15, 0.2) is 11.5 Å². The summed E-state index contributed by atoms with van der Waals surface area (Å²) in [4.78, 5) is 23.4. The van der Waals surface area contributed by atoms with Crippen LogP contribution in [0, 0.1) is 21.4 Å². The lowest BCUT2D eigenvalue weighted by molar-refractivity contribution is -0.384. The third-order valence-electron chi connectivity index (χ3n) is 4.56. The van der Waals surface area contributed by atoms with Gasteiger partial charge in [0.2, 0.25) is 0 Å². The molecule has 8 nitrogen and oxygen atoms in total. The average Bonchev–Trinajstić information content (AvgIpc) is 2.76. The Labute approximate surface area is 171 Å². The smallest absolute Gasteiger partial charge is 0.296 e. The summed E-state index contributed by atoms with van der Waals surface area (Å²) in [6, 6.07) is 17.6. The molecule has 0 aromatic heterocycles. The summed E-state index contributed by atoms with van der Waals surface area (Å²) >= 11 is 0. The third kappa shape index (κ3) is 3.77. The van der Waals surface area contributed by atoms with E-state index in [1.54, 1.807) is 6.07 Å². The molecule has 8 heteroatoms. The minimum Gasteiger partial charge on any atom is -0.486 e. The Balaban J connectivity index is 1.65. The number of fused-ring (bicyclic) bond motifs is 2. The Hall–Kier alpha value is -4.38. The van der Waals surface area contributed by atoms with Crippen LogP contribution in [-0.2, 0) is 4.79 Å². The first-order chi connectivity index (χ1) is 14.5. The first-order valence-electron chi connectivity index (χ1n) is 9.05. The number of nitrogens with one attached hydrogen (secondary N) is 1. The number of nitro groups is 1. The Bertz CT molecular complexity index is 1240. The van der Waals surface area contributed by atoms with Crippen molar-refractivity contribution in [3.8, 4) is 17.6 Å². The predicted molar refractivity (Wildman–Crippen MR) is 110 cm³/mol. The number of amides is 1. The van der Waals surface area contributed by atoms with Crippen molar-refractivity contribution in [2.75, 3.05) is 18.5 Å². The van der Waals surface area contributed by atoms with Gasteiger partial charge in [-0.2, -0.15) is 5.26 Å². The number of hydrogen-bond acceptors (Lipinski definition) is 6. The lowest BCUT2D eigenvalue weighted by Crippen LogP contribution is -2.18. The van der Waals surface area contributed by atoms with Gasteiger partial charge in [-0.15, -0.1) is 0 Å². The van der Waals surface area contributed by atoms with E-state index in [9.17, 15) is 20.2 Å². The largest absolute Gasteiger partial charge is 0.486 e. The highest BCUT2D eigenvalue weighted by atomic mass is 16.6. The van der Waals surface area contributed by atoms with E-state index in [1.165, 1.54) is 18.2 Å². The molecule has 0 saturated carbocycles. The number of ether oxygens (including phenoxy) is 2. The van der Waals surface area contributed by atoms with Gasteiger partial charge in [0.05, 0.1) is 11.0 Å². The van der Waals surface area contributed by atoms with Crippen molar-refractivity contribution in [2.24, 2.45) is 0 Å². The number of hydrogen-bond donors (Lipinski definition) is 1. The summed E-state index contributed by atoms with van der Waals surface area (Å²) in [6.07, 6.45) is 1.44. The van der Waals surface area contributed by atoms with Gasteiger partial charge in [0, 0.05) is 6.07 Å². The van der Waals surface area contributed by atoms with E-state index in [0.717, 1.165) is 10.8 Å². The SMILES string of the molecule is N#CC(=Cc1ccc2ccccc2c1)C(=O)Nc1cc2c(cc1[N+](=O)[O-])OCCO2. The molecule has 0 spiro atoms. The molecular weight excluding hydrogens is 386 g/mol. The zero-order chi connectivity index (χ0) is 21.1. The number of nitro benzene ring substituents is 1. The Kier molecular flexibility index (Phi) is 5.01. The maximum absolute atomic E-state index is 12.7. The van der Waals surface area contributed by atoms with Crippen molar-refractivity contribution in [2.45, 2.75) is 0 Å². The zero-order valence-corrected chi connectivity index (χ0v) is 15.6. The van der Waals surface area contributed by atoms with Crippen LogP contribution in [0.3, 0.4) is 0 Å². The fourth-order valence-electron chi connectivity index (χ4n) is 3.13. The van der Waals surface area contributed by atoms with E-state index in [-0.39, 0.29) is 29.3 Å². The van der Waals surface area contributed by atoms with Crippen molar-refractivity contribution in [1.29, 1.82) is 5.26 Å². The Morgan fingerprint density at radius 1 is 1.07 bits per heavy atom. The monoisotopic (exact) mass is 401 g/mol. The maximum atomic E-state index is 12.7. The van der Waals surface area contributed by atoms with Crippen molar-refractivity contribution in [3.05, 3.63) is 75.8 Å². The van der Waals surface area contributed by atoms with Crippen molar-refractivity contribution in [3.63, 3.8) is 0 Å². The fourth-order valence-corrected chi connectivity index (χ4v) is 3.13. The second-order valence-electron chi connectivity index (χ2n) is 6.50. The van der Waals surface area contributed by atoms with Crippen LogP contribution in [0.4, 0.5) is 11.4 Å². The summed E-state index contributed by atoms with van der Waals surface area (Å²) < 4.78 is 10.8. The number of carbonyl (C=O) groups excluding carboxylic acids is 1. The van der Waals surface area contributed by atoms with Crippen LogP contribution in [0.25, 0.3) is 16.8 Å². The van der Waals surface area contributed by atoms with Crippen LogP contribution in [0.15, 0.2) is 60.2 Å². The topological polar surface area (TPSA) is 114 Å². The average molecular weight is 401 g/mol. The normalized spacial score (nSPS) is 12.8. The Morgan fingerprint density at radius 2 is 1.77 bits per heavy atom. The van der Waals surface area contributed by atoms with Gasteiger partial charge in [-0.3, -0.25) is 14.9 Å². The second-order valence-corrected chi connectivity index (χ2v) is 6.50. The molecule has 1 aliphatic heterocycles. The van der Waals surface area contributed by atoms with Crippen molar-refractivity contribution < 1.29 is 19.2 Å². The summed E-state index contributed by atoms with van der Waals surface area (Å²) in [6.45, 7) is 0.576. The van der Waals surface area contributed by atoms with Crippen LogP contribution in [0.2, 0.25) is 0 Å². The highest BCUT2D eigenvalue weighted by molar-refractivity contribution is 6.10. The first kappa shape index (κ1) is 19.0. The van der Waals surface area contributed by atoms with Crippen LogP contribution in [0.1, 0.15) is 5.56 Å². The van der Waals surface area contributed by atoms with Gasteiger partial charge in [-0.25, -0.2) is 0 Å². The van der Waals surface area contributed by atoms with Gasteiger partial charge in [-0.05, 0) is 28.5 Å². The van der Waals surface area contributed by atoms with Crippen LogP contribution in [-0.4, -0.2) is 24.0 Å². The van der Waals surface area contributed by atoms with E-state index >= 15 is 0 Å². The van der Waals surface area contributed by atoms with Crippen LogP contribution >= 0.6 is 0 Å². The summed E-state index contributed by atoms with van der Waals surface area (Å²) in [7, 11) is 0. The molecule has 0 unspecified atom stereocenters. The maximum Gasteiger partial charge on any atom is 0.296 e. The molecule has 1 amide bonds. The molecule has 0 atom stereocenters. The molecule has 0 bridgehead atoms. The molecule has 0 saturated heterocycles. The molecule has 4 rings (SSSR count). The third-order valence-corrected chi connectivity index (χ3v) is 4.56. The molecule has 1 heterocycles. The molecule has 1 aliphatic rings. The molecule has 0 radical (unpaired) electrons.